The van der Waals surface area contributed by atoms with Gasteiger partial charge in [0.25, 0.3) is 0 Å². The van der Waals surface area contributed by atoms with Crippen molar-refractivity contribution in [2.45, 2.75) is 65.4 Å². The van der Waals surface area contributed by atoms with Gasteiger partial charge in [0.2, 0.25) is 0 Å². The van der Waals surface area contributed by atoms with Crippen molar-refractivity contribution in [2.75, 3.05) is 13.7 Å². The van der Waals surface area contributed by atoms with Crippen LogP contribution in [-0.2, 0) is 23.9 Å². The van der Waals surface area contributed by atoms with Gasteiger partial charge in [-0.3, -0.25) is 14.4 Å². The molecule has 0 spiro atoms. The van der Waals surface area contributed by atoms with Gasteiger partial charge in [0.15, 0.2) is 17.2 Å². The molecule has 0 N–H and O–H groups in total. The highest BCUT2D eigenvalue weighted by Crippen LogP contribution is 2.68. The minimum Gasteiger partial charge on any atom is -0.451 e. The lowest BCUT2D eigenvalue weighted by atomic mass is 9.46. The first-order chi connectivity index (χ1) is 14.5. The summed E-state index contributed by atoms with van der Waals surface area (Å²) in [5.41, 5.74) is -0.823. The highest BCUT2D eigenvalue weighted by Gasteiger charge is 2.68. The Balaban J connectivity index is 1.81. The predicted octanol–water partition coefficient (Wildman–Crippen LogP) is 4.62. The third kappa shape index (κ3) is 3.02. The van der Waals surface area contributed by atoms with Crippen molar-refractivity contribution in [1.29, 1.82) is 0 Å². The van der Waals surface area contributed by atoms with E-state index >= 15 is 0 Å². The van der Waals surface area contributed by atoms with Crippen molar-refractivity contribution in [3.63, 3.8) is 0 Å². The lowest BCUT2D eigenvalue weighted by molar-refractivity contribution is -0.185. The van der Waals surface area contributed by atoms with Gasteiger partial charge in [-0.2, -0.15) is 0 Å². The van der Waals surface area contributed by atoms with Crippen LogP contribution in [0.1, 0.15) is 59.8 Å². The Kier molecular flexibility index (Phi) is 5.54. The van der Waals surface area contributed by atoms with Crippen LogP contribution in [0.5, 0.6) is 0 Å². The Morgan fingerprint density at radius 3 is 2.45 bits per heavy atom. The second kappa shape index (κ2) is 7.55. The average Bonchev–Trinajstić information content (AvgIpc) is 2.97. The maximum atomic E-state index is 12.9. The quantitative estimate of drug-likeness (QED) is 0.586. The largest absolute Gasteiger partial charge is 0.451 e. The summed E-state index contributed by atoms with van der Waals surface area (Å²) in [7, 11) is 1.68. The Labute approximate surface area is 189 Å². The van der Waals surface area contributed by atoms with Crippen LogP contribution < -0.4 is 0 Å². The van der Waals surface area contributed by atoms with Crippen molar-refractivity contribution in [1.82, 2.24) is 0 Å². The molecule has 0 radical (unpaired) electrons. The number of rotatable bonds is 4. The summed E-state index contributed by atoms with van der Waals surface area (Å²) in [6.07, 6.45) is 7.38. The van der Waals surface area contributed by atoms with Crippen molar-refractivity contribution >= 4 is 29.1 Å². The number of carbonyl (C=O) groups is 3. The Bertz CT molecular complexity index is 890. The summed E-state index contributed by atoms with van der Waals surface area (Å²) < 4.78 is 11.4. The maximum absolute atomic E-state index is 12.9. The van der Waals surface area contributed by atoms with E-state index < -0.39 is 17.0 Å². The van der Waals surface area contributed by atoms with Crippen molar-refractivity contribution in [3.8, 4) is 0 Å². The number of halogens is 1. The Hall–Kier alpha value is -1.46. The number of ether oxygens (including phenoxy) is 2. The lowest BCUT2D eigenvalue weighted by Gasteiger charge is -2.59. The van der Waals surface area contributed by atoms with Crippen LogP contribution in [-0.4, -0.2) is 36.9 Å². The minimum atomic E-state index is -1.07. The number of esters is 1. The summed E-state index contributed by atoms with van der Waals surface area (Å²) in [6.45, 7) is 7.81. The van der Waals surface area contributed by atoms with Gasteiger partial charge in [0, 0.05) is 36.3 Å². The molecule has 4 rings (SSSR count). The molecule has 170 valence electrons. The first-order valence-corrected chi connectivity index (χ1v) is 11.7. The topological polar surface area (TPSA) is 69.7 Å². The van der Waals surface area contributed by atoms with Crippen LogP contribution in [0.2, 0.25) is 0 Å². The molecule has 0 unspecified atom stereocenters. The molecule has 0 amide bonds. The molecule has 7 atom stereocenters. The van der Waals surface area contributed by atoms with Crippen LogP contribution in [0.15, 0.2) is 22.8 Å². The monoisotopic (exact) mass is 448 g/mol. The van der Waals surface area contributed by atoms with E-state index in [1.165, 1.54) is 6.92 Å². The number of allylic oxidation sites excluding steroid dienone is 4. The normalized spacial score (nSPS) is 43.9. The van der Waals surface area contributed by atoms with Crippen LogP contribution in [0.4, 0.5) is 0 Å². The van der Waals surface area contributed by atoms with Crippen molar-refractivity contribution < 1.29 is 23.9 Å². The fraction of sp³-hybridized carbons (Fsp3) is 0.720. The van der Waals surface area contributed by atoms with Gasteiger partial charge in [-0.05, 0) is 67.9 Å². The van der Waals surface area contributed by atoms with E-state index in [4.69, 9.17) is 21.1 Å². The molecule has 0 saturated heterocycles. The predicted molar refractivity (Wildman–Crippen MR) is 117 cm³/mol. The molecule has 4 aliphatic carbocycles. The fourth-order valence-electron chi connectivity index (χ4n) is 7.76. The third-order valence-corrected chi connectivity index (χ3v) is 9.58. The minimum absolute atomic E-state index is 0.0654. The first kappa shape index (κ1) is 22.7. The summed E-state index contributed by atoms with van der Waals surface area (Å²) in [6, 6.07) is 0. The van der Waals surface area contributed by atoms with E-state index in [1.807, 2.05) is 0 Å². The molecule has 2 fully saturated rings. The Morgan fingerprint density at radius 1 is 1.16 bits per heavy atom. The average molecular weight is 449 g/mol. The van der Waals surface area contributed by atoms with Gasteiger partial charge < -0.3 is 9.47 Å². The number of ketones is 2. The number of hydrogen-bond donors (Lipinski definition) is 0. The molecule has 0 aromatic carbocycles. The zero-order valence-electron chi connectivity index (χ0n) is 19.1. The number of fused-ring (bicyclic) bond motifs is 5. The molecule has 31 heavy (non-hydrogen) atoms. The molecule has 4 aliphatic rings. The van der Waals surface area contributed by atoms with E-state index in [2.05, 4.69) is 19.9 Å². The first-order valence-electron chi connectivity index (χ1n) is 11.3. The van der Waals surface area contributed by atoms with Gasteiger partial charge >= 0.3 is 5.97 Å². The summed E-state index contributed by atoms with van der Waals surface area (Å²) in [5.74, 6) is 0.347. The van der Waals surface area contributed by atoms with Crippen LogP contribution in [0, 0.1) is 34.5 Å². The molecule has 2 saturated carbocycles. The number of Topliss-reactive ketones (excluding diaryl/α,β-unsaturated/α-hetero) is 1. The highest BCUT2D eigenvalue weighted by atomic mass is 35.5. The van der Waals surface area contributed by atoms with Crippen molar-refractivity contribution in [3.05, 3.63) is 22.8 Å². The van der Waals surface area contributed by atoms with E-state index in [-0.39, 0.29) is 34.7 Å². The van der Waals surface area contributed by atoms with Crippen LogP contribution in [0.3, 0.4) is 0 Å². The van der Waals surface area contributed by atoms with E-state index in [0.717, 1.165) is 24.8 Å². The summed E-state index contributed by atoms with van der Waals surface area (Å²) in [5, 5.41) is 0.648. The van der Waals surface area contributed by atoms with Crippen LogP contribution >= 0.6 is 11.6 Å². The second-order valence-electron chi connectivity index (χ2n) is 10.4. The third-order valence-electron chi connectivity index (χ3n) is 9.25. The van der Waals surface area contributed by atoms with E-state index in [0.29, 0.717) is 30.4 Å². The molecule has 6 heteroatoms. The zero-order chi connectivity index (χ0) is 22.8. The molecular weight excluding hydrogens is 416 g/mol. The van der Waals surface area contributed by atoms with Crippen LogP contribution in [0.25, 0.3) is 0 Å². The Morgan fingerprint density at radius 2 is 1.84 bits per heavy atom. The van der Waals surface area contributed by atoms with Crippen molar-refractivity contribution in [2.24, 2.45) is 34.5 Å². The van der Waals surface area contributed by atoms with Gasteiger partial charge in [0.1, 0.15) is 0 Å². The van der Waals surface area contributed by atoms with Gasteiger partial charge in [-0.25, -0.2) is 0 Å². The zero-order valence-corrected chi connectivity index (χ0v) is 19.9. The molecule has 5 nitrogen and oxygen atoms in total. The SMILES string of the molecule is COC[C@@H]1CC(=O)C=C2C(Cl)=C[C@H]3[C@@H](CC[C@]4(C)[C@@H]3CC[C@@]4(OC(C)=O)C(C)=O)[C@@]21C. The molecule has 0 aromatic heterocycles. The maximum Gasteiger partial charge on any atom is 0.303 e. The molecule has 0 bridgehead atoms. The van der Waals surface area contributed by atoms with E-state index in [9.17, 15) is 14.4 Å². The number of methoxy groups -OCH3 is 1. The number of carbonyl (C=O) groups excluding carboxylic acids is 3. The summed E-state index contributed by atoms with van der Waals surface area (Å²) >= 11 is 6.83. The molecule has 0 aromatic rings. The molecule has 0 aliphatic heterocycles. The molecular formula is C25H33ClO5. The standard InChI is InChI=1S/C25H33ClO5/c1-14(27)25(31-15(2)28)9-7-19-18-12-22(26)21-11-17(29)10-16(13-30-5)24(21,4)20(18)6-8-23(19,25)3/h11-12,16,18-20H,6-10,13H2,1-5H3/t16-,18+,19+,20+,23+,24-,25+/m0/s1. The van der Waals surface area contributed by atoms with Gasteiger partial charge in [0.05, 0.1) is 6.61 Å². The lowest BCUT2D eigenvalue weighted by Crippen LogP contribution is -2.59. The summed E-state index contributed by atoms with van der Waals surface area (Å²) in [4.78, 5) is 37.3. The second-order valence-corrected chi connectivity index (χ2v) is 10.8. The number of hydrogen-bond acceptors (Lipinski definition) is 5. The van der Waals surface area contributed by atoms with Gasteiger partial charge in [-0.15, -0.1) is 0 Å². The molecule has 0 heterocycles. The highest BCUT2D eigenvalue weighted by molar-refractivity contribution is 6.32. The van der Waals surface area contributed by atoms with E-state index in [1.54, 1.807) is 20.1 Å². The fourth-order valence-corrected chi connectivity index (χ4v) is 8.16. The smallest absolute Gasteiger partial charge is 0.303 e. The van der Waals surface area contributed by atoms with Gasteiger partial charge in [-0.1, -0.05) is 31.5 Å².